The number of aryl methyl sites for hydroxylation is 2. The molecule has 1 atom stereocenters. The van der Waals surface area contributed by atoms with E-state index in [0.717, 1.165) is 16.7 Å². The Morgan fingerprint density at radius 2 is 2.09 bits per heavy atom. The van der Waals surface area contributed by atoms with Gasteiger partial charge in [-0.25, -0.2) is 4.98 Å². The lowest BCUT2D eigenvalue weighted by atomic mass is 10.1. The van der Waals surface area contributed by atoms with Gasteiger partial charge in [0.05, 0.1) is 17.3 Å². The molecule has 1 N–H and O–H groups in total. The molecule has 0 spiro atoms. The van der Waals surface area contributed by atoms with E-state index in [1.165, 1.54) is 0 Å². The fraction of sp³-hybridized carbons (Fsp3) is 0.500. The van der Waals surface area contributed by atoms with Crippen LogP contribution in [-0.2, 0) is 13.2 Å². The third-order valence-electron chi connectivity index (χ3n) is 3.56. The van der Waals surface area contributed by atoms with Gasteiger partial charge in [-0.05, 0) is 20.3 Å². The second-order valence-corrected chi connectivity index (χ2v) is 6.06. The minimum absolute atomic E-state index is 0.243. The Morgan fingerprint density at radius 1 is 1.43 bits per heavy atom. The van der Waals surface area contributed by atoms with Gasteiger partial charge in [-0.3, -0.25) is 9.48 Å². The Labute approximate surface area is 135 Å². The molecule has 2 aromatic heterocycles. The molecule has 0 aliphatic carbocycles. The van der Waals surface area contributed by atoms with Gasteiger partial charge in [0.2, 0.25) is 0 Å². The van der Waals surface area contributed by atoms with E-state index >= 15 is 0 Å². The standard InChI is InChI=1S/C14H17F3N4OS/c1-5-9(13-19-10(6-23-13)14(15,16)17)18-12(22)11-7(2)20-21(4)8(11)3/h6,9H,5H2,1-4H3,(H,18,22)/t9-/m0/s1. The number of carbonyl (C=O) groups is 1. The van der Waals surface area contributed by atoms with Crippen LogP contribution in [0.25, 0.3) is 0 Å². The normalized spacial score (nSPS) is 13.2. The number of thiazole rings is 1. The monoisotopic (exact) mass is 346 g/mol. The van der Waals surface area contributed by atoms with Crippen LogP contribution in [-0.4, -0.2) is 20.7 Å². The van der Waals surface area contributed by atoms with Gasteiger partial charge in [0, 0.05) is 18.1 Å². The minimum atomic E-state index is -4.48. The first kappa shape index (κ1) is 17.5. The lowest BCUT2D eigenvalue weighted by Gasteiger charge is -2.14. The summed E-state index contributed by atoms with van der Waals surface area (Å²) in [5, 5.41) is 8.12. The largest absolute Gasteiger partial charge is 0.434 e. The topological polar surface area (TPSA) is 59.8 Å². The van der Waals surface area contributed by atoms with Gasteiger partial charge in [-0.2, -0.15) is 18.3 Å². The highest BCUT2D eigenvalue weighted by molar-refractivity contribution is 7.09. The van der Waals surface area contributed by atoms with Crippen LogP contribution < -0.4 is 5.32 Å². The van der Waals surface area contributed by atoms with Crippen molar-refractivity contribution in [2.24, 2.45) is 7.05 Å². The van der Waals surface area contributed by atoms with Crippen molar-refractivity contribution in [3.8, 4) is 0 Å². The van der Waals surface area contributed by atoms with Gasteiger partial charge in [-0.1, -0.05) is 6.92 Å². The molecule has 0 aliphatic rings. The van der Waals surface area contributed by atoms with Crippen molar-refractivity contribution >= 4 is 17.2 Å². The summed E-state index contributed by atoms with van der Waals surface area (Å²) < 4.78 is 39.5. The SMILES string of the molecule is CC[C@H](NC(=O)c1c(C)nn(C)c1C)c1nc(C(F)(F)F)cs1. The Kier molecular flexibility index (Phi) is 4.79. The maximum Gasteiger partial charge on any atom is 0.434 e. The molecule has 0 saturated heterocycles. The Morgan fingerprint density at radius 3 is 2.52 bits per heavy atom. The molecule has 0 fully saturated rings. The summed E-state index contributed by atoms with van der Waals surface area (Å²) in [7, 11) is 1.73. The molecule has 0 saturated carbocycles. The molecule has 0 radical (unpaired) electrons. The van der Waals surface area contributed by atoms with Gasteiger partial charge in [0.15, 0.2) is 5.69 Å². The predicted octanol–water partition coefficient (Wildman–Crippen LogP) is 3.39. The molecule has 1 amide bonds. The highest BCUT2D eigenvalue weighted by Crippen LogP contribution is 2.32. The zero-order chi connectivity index (χ0) is 17.4. The number of rotatable bonds is 4. The van der Waals surface area contributed by atoms with Gasteiger partial charge in [0.25, 0.3) is 5.91 Å². The van der Waals surface area contributed by atoms with Crippen molar-refractivity contribution in [3.05, 3.63) is 33.0 Å². The molecule has 2 heterocycles. The maximum absolute atomic E-state index is 12.7. The first-order valence-corrected chi connectivity index (χ1v) is 7.86. The van der Waals surface area contributed by atoms with Crippen molar-refractivity contribution in [2.45, 2.75) is 39.4 Å². The second-order valence-electron chi connectivity index (χ2n) is 5.17. The number of alkyl halides is 3. The molecular formula is C14H17F3N4OS. The third-order valence-corrected chi connectivity index (χ3v) is 4.52. The molecule has 0 aliphatic heterocycles. The quantitative estimate of drug-likeness (QED) is 0.923. The van der Waals surface area contributed by atoms with Crippen LogP contribution in [0.15, 0.2) is 5.38 Å². The highest BCUT2D eigenvalue weighted by atomic mass is 32.1. The summed E-state index contributed by atoms with van der Waals surface area (Å²) in [6.07, 6.45) is -4.04. The molecule has 126 valence electrons. The Hall–Kier alpha value is -1.90. The average Bonchev–Trinajstić information content (AvgIpc) is 3.02. The summed E-state index contributed by atoms with van der Waals surface area (Å²) in [5.41, 5.74) is 0.787. The van der Waals surface area contributed by atoms with Crippen LogP contribution in [0.4, 0.5) is 13.2 Å². The van der Waals surface area contributed by atoms with Crippen molar-refractivity contribution < 1.29 is 18.0 Å². The zero-order valence-corrected chi connectivity index (χ0v) is 14.0. The lowest BCUT2D eigenvalue weighted by Crippen LogP contribution is -2.29. The third kappa shape index (κ3) is 3.54. The maximum atomic E-state index is 12.7. The van der Waals surface area contributed by atoms with Gasteiger partial charge < -0.3 is 5.32 Å². The summed E-state index contributed by atoms with van der Waals surface area (Å²) in [5.74, 6) is -0.358. The number of halogens is 3. The second kappa shape index (κ2) is 6.31. The van der Waals surface area contributed by atoms with E-state index in [4.69, 9.17) is 0 Å². The van der Waals surface area contributed by atoms with E-state index in [2.05, 4.69) is 15.4 Å². The van der Waals surface area contributed by atoms with Crippen molar-refractivity contribution in [3.63, 3.8) is 0 Å². The number of carbonyl (C=O) groups excluding carboxylic acids is 1. The van der Waals surface area contributed by atoms with Crippen LogP contribution in [0.5, 0.6) is 0 Å². The smallest absolute Gasteiger partial charge is 0.343 e. The van der Waals surface area contributed by atoms with E-state index in [1.807, 2.05) is 0 Å². The summed E-state index contributed by atoms with van der Waals surface area (Å²) in [4.78, 5) is 16.0. The van der Waals surface area contributed by atoms with Crippen LogP contribution in [0.2, 0.25) is 0 Å². The van der Waals surface area contributed by atoms with E-state index in [-0.39, 0.29) is 10.9 Å². The molecule has 0 unspecified atom stereocenters. The van der Waals surface area contributed by atoms with E-state index < -0.39 is 17.9 Å². The molecule has 23 heavy (non-hydrogen) atoms. The van der Waals surface area contributed by atoms with Gasteiger partial charge >= 0.3 is 6.18 Å². The lowest BCUT2D eigenvalue weighted by molar-refractivity contribution is -0.140. The van der Waals surface area contributed by atoms with E-state index in [9.17, 15) is 18.0 Å². The fourth-order valence-corrected chi connectivity index (χ4v) is 3.21. The minimum Gasteiger partial charge on any atom is -0.343 e. The zero-order valence-electron chi connectivity index (χ0n) is 13.2. The van der Waals surface area contributed by atoms with E-state index in [1.54, 1.807) is 32.5 Å². The first-order chi connectivity index (χ1) is 10.6. The highest BCUT2D eigenvalue weighted by Gasteiger charge is 2.34. The number of aromatic nitrogens is 3. The molecule has 5 nitrogen and oxygen atoms in total. The predicted molar refractivity (Wildman–Crippen MR) is 80.3 cm³/mol. The van der Waals surface area contributed by atoms with E-state index in [0.29, 0.717) is 23.4 Å². The Balaban J connectivity index is 2.22. The molecule has 2 rings (SSSR count). The summed E-state index contributed by atoms with van der Waals surface area (Å²) in [6, 6.07) is -0.567. The van der Waals surface area contributed by atoms with Crippen molar-refractivity contribution in [1.82, 2.24) is 20.1 Å². The summed E-state index contributed by atoms with van der Waals surface area (Å²) >= 11 is 0.893. The average molecular weight is 346 g/mol. The van der Waals surface area contributed by atoms with Crippen LogP contribution in [0.1, 0.15) is 51.8 Å². The van der Waals surface area contributed by atoms with Crippen LogP contribution >= 0.6 is 11.3 Å². The Bertz CT molecular complexity index is 720. The summed E-state index contributed by atoms with van der Waals surface area (Å²) in [6.45, 7) is 5.26. The molecule has 0 aromatic carbocycles. The molecule has 0 bridgehead atoms. The number of nitrogens with zero attached hydrogens (tertiary/aromatic N) is 3. The molecular weight excluding hydrogens is 329 g/mol. The van der Waals surface area contributed by atoms with Crippen molar-refractivity contribution in [1.29, 1.82) is 0 Å². The number of amides is 1. The van der Waals surface area contributed by atoms with Gasteiger partial charge in [0.1, 0.15) is 5.01 Å². The fourth-order valence-electron chi connectivity index (χ4n) is 2.25. The molecule has 2 aromatic rings. The number of nitrogens with one attached hydrogen (secondary N) is 1. The van der Waals surface area contributed by atoms with Crippen LogP contribution in [0, 0.1) is 13.8 Å². The number of hydrogen-bond donors (Lipinski definition) is 1. The van der Waals surface area contributed by atoms with Crippen LogP contribution in [0.3, 0.4) is 0 Å². The van der Waals surface area contributed by atoms with Gasteiger partial charge in [-0.15, -0.1) is 11.3 Å². The molecule has 9 heteroatoms. The number of hydrogen-bond acceptors (Lipinski definition) is 4. The first-order valence-electron chi connectivity index (χ1n) is 6.98. The van der Waals surface area contributed by atoms with Crippen molar-refractivity contribution in [2.75, 3.05) is 0 Å².